The predicted molar refractivity (Wildman–Crippen MR) is 67.2 cm³/mol. The van der Waals surface area contributed by atoms with Crippen LogP contribution in [0.5, 0.6) is 0 Å². The summed E-state index contributed by atoms with van der Waals surface area (Å²) in [7, 11) is 0. The minimum atomic E-state index is -2.82. The van der Waals surface area contributed by atoms with Crippen molar-refractivity contribution in [2.45, 2.75) is 64.8 Å². The molecule has 19 heavy (non-hydrogen) atoms. The average molecular weight is 279 g/mol. The molecule has 1 heterocycles. The summed E-state index contributed by atoms with van der Waals surface area (Å²) in [5, 5.41) is 0. The minimum absolute atomic E-state index is 0.156. The van der Waals surface area contributed by atoms with Gasteiger partial charge in [-0.1, -0.05) is 6.92 Å². The van der Waals surface area contributed by atoms with Crippen molar-refractivity contribution in [1.29, 1.82) is 0 Å². The SMILES string of the molecule is CCC1(OC(F)F)CCCN(C(=O)OC(C)(C)C)C1. The highest BCUT2D eigenvalue weighted by Crippen LogP contribution is 2.31. The number of likely N-dealkylation sites (tertiary alicyclic amines) is 1. The van der Waals surface area contributed by atoms with E-state index >= 15 is 0 Å². The molecule has 1 aliphatic rings. The van der Waals surface area contributed by atoms with Crippen LogP contribution in [-0.4, -0.2) is 41.9 Å². The number of carbonyl (C=O) groups excluding carboxylic acids is 1. The van der Waals surface area contributed by atoms with Gasteiger partial charge in [0.1, 0.15) is 5.60 Å². The second kappa shape index (κ2) is 6.03. The molecule has 0 N–H and O–H groups in total. The number of ether oxygens (including phenoxy) is 2. The summed E-state index contributed by atoms with van der Waals surface area (Å²) in [6, 6.07) is 0. The molecule has 1 fully saturated rings. The zero-order valence-electron chi connectivity index (χ0n) is 12.0. The fourth-order valence-electron chi connectivity index (χ4n) is 2.24. The van der Waals surface area contributed by atoms with Gasteiger partial charge in [0.15, 0.2) is 0 Å². The molecule has 1 amide bonds. The minimum Gasteiger partial charge on any atom is -0.444 e. The van der Waals surface area contributed by atoms with Crippen LogP contribution in [0.15, 0.2) is 0 Å². The molecule has 1 rings (SSSR count). The number of hydrogen-bond acceptors (Lipinski definition) is 3. The lowest BCUT2D eigenvalue weighted by Crippen LogP contribution is -2.53. The van der Waals surface area contributed by atoms with Crippen molar-refractivity contribution in [2.24, 2.45) is 0 Å². The molecular weight excluding hydrogens is 256 g/mol. The highest BCUT2D eigenvalue weighted by Gasteiger charge is 2.40. The smallest absolute Gasteiger partial charge is 0.410 e. The van der Waals surface area contributed by atoms with Gasteiger partial charge in [-0.05, 0) is 40.0 Å². The molecule has 0 bridgehead atoms. The second-order valence-electron chi connectivity index (χ2n) is 5.92. The van der Waals surface area contributed by atoms with E-state index in [0.717, 1.165) is 0 Å². The molecule has 1 aliphatic heterocycles. The maximum absolute atomic E-state index is 12.5. The maximum atomic E-state index is 12.5. The third-order valence-corrected chi connectivity index (χ3v) is 3.17. The zero-order valence-corrected chi connectivity index (χ0v) is 12.0. The van der Waals surface area contributed by atoms with Gasteiger partial charge in [0, 0.05) is 6.54 Å². The lowest BCUT2D eigenvalue weighted by Gasteiger charge is -2.42. The van der Waals surface area contributed by atoms with Crippen LogP contribution >= 0.6 is 0 Å². The Kier molecular flexibility index (Phi) is 5.12. The van der Waals surface area contributed by atoms with Gasteiger partial charge >= 0.3 is 12.7 Å². The highest BCUT2D eigenvalue weighted by molar-refractivity contribution is 5.68. The van der Waals surface area contributed by atoms with Gasteiger partial charge in [-0.25, -0.2) is 4.79 Å². The Hall–Kier alpha value is -0.910. The Morgan fingerprint density at radius 2 is 2.05 bits per heavy atom. The Morgan fingerprint density at radius 1 is 1.42 bits per heavy atom. The number of rotatable bonds is 3. The first-order valence-corrected chi connectivity index (χ1v) is 6.61. The summed E-state index contributed by atoms with van der Waals surface area (Å²) in [5.74, 6) is 0. The first-order chi connectivity index (χ1) is 8.67. The van der Waals surface area contributed by atoms with E-state index in [1.54, 1.807) is 27.7 Å². The van der Waals surface area contributed by atoms with Crippen LogP contribution in [0, 0.1) is 0 Å². The average Bonchev–Trinajstić information content (AvgIpc) is 2.26. The number of carbonyl (C=O) groups is 1. The number of halogens is 2. The summed E-state index contributed by atoms with van der Waals surface area (Å²) in [6.07, 6.45) is 1.15. The lowest BCUT2D eigenvalue weighted by molar-refractivity contribution is -0.223. The predicted octanol–water partition coefficient (Wildman–Crippen LogP) is 3.41. The molecule has 0 aromatic heterocycles. The maximum Gasteiger partial charge on any atom is 0.410 e. The van der Waals surface area contributed by atoms with E-state index in [4.69, 9.17) is 9.47 Å². The summed E-state index contributed by atoms with van der Waals surface area (Å²) >= 11 is 0. The fourth-order valence-corrected chi connectivity index (χ4v) is 2.24. The van der Waals surface area contributed by atoms with E-state index in [-0.39, 0.29) is 6.54 Å². The molecule has 0 aromatic carbocycles. The normalized spacial score (nSPS) is 24.7. The number of alkyl halides is 2. The molecule has 6 heteroatoms. The van der Waals surface area contributed by atoms with Gasteiger partial charge in [0.25, 0.3) is 0 Å². The Bertz CT molecular complexity index is 318. The van der Waals surface area contributed by atoms with Crippen LogP contribution < -0.4 is 0 Å². The quantitative estimate of drug-likeness (QED) is 0.794. The molecule has 1 unspecified atom stereocenters. The molecule has 0 saturated carbocycles. The first-order valence-electron chi connectivity index (χ1n) is 6.61. The van der Waals surface area contributed by atoms with Crippen molar-refractivity contribution in [3.63, 3.8) is 0 Å². The molecule has 4 nitrogen and oxygen atoms in total. The zero-order chi connectivity index (χ0) is 14.7. The topological polar surface area (TPSA) is 38.8 Å². The summed E-state index contributed by atoms with van der Waals surface area (Å²) in [6.45, 7) is 4.97. The summed E-state index contributed by atoms with van der Waals surface area (Å²) in [4.78, 5) is 13.4. The van der Waals surface area contributed by atoms with Crippen molar-refractivity contribution in [1.82, 2.24) is 4.90 Å². The molecule has 1 atom stereocenters. The molecular formula is C13H23F2NO3. The Labute approximate surface area is 113 Å². The monoisotopic (exact) mass is 279 g/mol. The van der Waals surface area contributed by atoms with E-state index in [0.29, 0.717) is 25.8 Å². The van der Waals surface area contributed by atoms with Crippen LogP contribution in [-0.2, 0) is 9.47 Å². The van der Waals surface area contributed by atoms with E-state index in [9.17, 15) is 13.6 Å². The Balaban J connectivity index is 2.69. The van der Waals surface area contributed by atoms with Crippen LogP contribution in [0.3, 0.4) is 0 Å². The second-order valence-corrected chi connectivity index (χ2v) is 5.92. The van der Waals surface area contributed by atoms with Crippen LogP contribution in [0.4, 0.5) is 13.6 Å². The highest BCUT2D eigenvalue weighted by atomic mass is 19.3. The van der Waals surface area contributed by atoms with Crippen molar-refractivity contribution < 1.29 is 23.0 Å². The molecule has 0 radical (unpaired) electrons. The fraction of sp³-hybridized carbons (Fsp3) is 0.923. The molecule has 0 aliphatic carbocycles. The molecule has 0 spiro atoms. The molecule has 1 saturated heterocycles. The van der Waals surface area contributed by atoms with Gasteiger partial charge in [-0.3, -0.25) is 0 Å². The first kappa shape index (κ1) is 16.1. The number of piperidine rings is 1. The molecule has 112 valence electrons. The van der Waals surface area contributed by atoms with Crippen molar-refractivity contribution >= 4 is 6.09 Å². The standard InChI is InChI=1S/C13H23F2NO3/c1-5-13(18-10(14)15)7-6-8-16(9-13)11(17)19-12(2,3)4/h10H,5-9H2,1-4H3. The number of nitrogens with zero attached hydrogens (tertiary/aromatic N) is 1. The largest absolute Gasteiger partial charge is 0.444 e. The van der Waals surface area contributed by atoms with E-state index in [2.05, 4.69) is 0 Å². The van der Waals surface area contributed by atoms with E-state index in [1.807, 2.05) is 0 Å². The third kappa shape index (κ3) is 4.93. The number of amides is 1. The third-order valence-electron chi connectivity index (χ3n) is 3.17. The van der Waals surface area contributed by atoms with Crippen molar-refractivity contribution in [3.05, 3.63) is 0 Å². The van der Waals surface area contributed by atoms with Gasteiger partial charge < -0.3 is 14.4 Å². The van der Waals surface area contributed by atoms with Gasteiger partial charge in [0.2, 0.25) is 0 Å². The van der Waals surface area contributed by atoms with Gasteiger partial charge in [0.05, 0.1) is 12.1 Å². The van der Waals surface area contributed by atoms with Gasteiger partial charge in [-0.2, -0.15) is 8.78 Å². The molecule has 0 aromatic rings. The summed E-state index contributed by atoms with van der Waals surface area (Å²) in [5.41, 5.74) is -1.55. The van der Waals surface area contributed by atoms with Crippen LogP contribution in [0.2, 0.25) is 0 Å². The van der Waals surface area contributed by atoms with E-state index < -0.39 is 23.9 Å². The lowest BCUT2D eigenvalue weighted by atomic mass is 9.90. The van der Waals surface area contributed by atoms with Crippen molar-refractivity contribution in [2.75, 3.05) is 13.1 Å². The van der Waals surface area contributed by atoms with Crippen LogP contribution in [0.1, 0.15) is 47.0 Å². The summed E-state index contributed by atoms with van der Waals surface area (Å²) < 4.78 is 35.0. The van der Waals surface area contributed by atoms with E-state index in [1.165, 1.54) is 4.90 Å². The van der Waals surface area contributed by atoms with Crippen LogP contribution in [0.25, 0.3) is 0 Å². The van der Waals surface area contributed by atoms with Crippen molar-refractivity contribution in [3.8, 4) is 0 Å². The Morgan fingerprint density at radius 3 is 2.53 bits per heavy atom. The number of hydrogen-bond donors (Lipinski definition) is 0. The van der Waals surface area contributed by atoms with Gasteiger partial charge in [-0.15, -0.1) is 0 Å².